The van der Waals surface area contributed by atoms with E-state index < -0.39 is 0 Å². The number of H-pyrrole nitrogens is 1. The molecule has 2 aromatic carbocycles. The molecule has 96 valence electrons. The van der Waals surface area contributed by atoms with Crippen LogP contribution < -0.4 is 5.32 Å². The molecule has 2 N–H and O–H groups in total. The largest absolute Gasteiger partial charge is 0.378 e. The zero-order valence-corrected chi connectivity index (χ0v) is 12.1. The number of nitrogens with zero attached hydrogens (tertiary/aromatic N) is 1. The number of benzene rings is 2. The fourth-order valence-electron chi connectivity index (χ4n) is 2.18. The monoisotopic (exact) mass is 315 g/mol. The fourth-order valence-corrected chi connectivity index (χ4v) is 2.81. The Bertz CT molecular complexity index is 705. The number of rotatable bonds is 3. The lowest BCUT2D eigenvalue weighted by Crippen LogP contribution is -2.07. The second kappa shape index (κ2) is 5.05. The first-order chi connectivity index (χ1) is 9.24. The first kappa shape index (κ1) is 12.2. The minimum absolute atomic E-state index is 0.232. The molecule has 3 nitrogen and oxygen atoms in total. The Labute approximate surface area is 120 Å². The summed E-state index contributed by atoms with van der Waals surface area (Å²) in [6.45, 7) is 2.15. The number of fused-ring (bicyclic) bond motifs is 1. The zero-order valence-electron chi connectivity index (χ0n) is 10.5. The van der Waals surface area contributed by atoms with E-state index in [4.69, 9.17) is 0 Å². The summed E-state index contributed by atoms with van der Waals surface area (Å²) in [7, 11) is 0. The third-order valence-corrected chi connectivity index (χ3v) is 3.92. The van der Waals surface area contributed by atoms with E-state index in [1.54, 1.807) is 0 Å². The van der Waals surface area contributed by atoms with Gasteiger partial charge < -0.3 is 5.32 Å². The number of anilines is 1. The van der Waals surface area contributed by atoms with Gasteiger partial charge in [0.15, 0.2) is 0 Å². The molecule has 0 radical (unpaired) electrons. The van der Waals surface area contributed by atoms with Crippen molar-refractivity contribution in [2.24, 2.45) is 0 Å². The van der Waals surface area contributed by atoms with Crippen LogP contribution in [0.2, 0.25) is 0 Å². The summed E-state index contributed by atoms with van der Waals surface area (Å²) in [5.74, 6) is 0. The molecule has 0 saturated heterocycles. The van der Waals surface area contributed by atoms with Crippen LogP contribution in [0.4, 0.5) is 5.69 Å². The molecule has 1 unspecified atom stereocenters. The van der Waals surface area contributed by atoms with Crippen molar-refractivity contribution in [2.45, 2.75) is 13.0 Å². The van der Waals surface area contributed by atoms with Gasteiger partial charge in [0.25, 0.3) is 0 Å². The summed E-state index contributed by atoms with van der Waals surface area (Å²) in [5, 5.41) is 11.6. The lowest BCUT2D eigenvalue weighted by atomic mass is 10.1. The zero-order chi connectivity index (χ0) is 13.2. The highest BCUT2D eigenvalue weighted by atomic mass is 79.9. The highest BCUT2D eigenvalue weighted by Crippen LogP contribution is 2.27. The highest BCUT2D eigenvalue weighted by molar-refractivity contribution is 9.10. The molecule has 0 bridgehead atoms. The van der Waals surface area contributed by atoms with Crippen molar-refractivity contribution in [2.75, 3.05) is 5.32 Å². The molecular weight excluding hydrogens is 302 g/mol. The standard InChI is InChI=1S/C15H14BrN3/c1-10(13-4-2-3-5-14(13)16)18-12-7-6-11-9-17-19-15(11)8-12/h2-10,18H,1H3,(H,17,19). The smallest absolute Gasteiger partial charge is 0.0670 e. The topological polar surface area (TPSA) is 40.7 Å². The molecule has 1 atom stereocenters. The first-order valence-corrected chi connectivity index (χ1v) is 6.97. The molecule has 3 aromatic rings. The summed E-state index contributed by atoms with van der Waals surface area (Å²) in [6, 6.07) is 14.7. The van der Waals surface area contributed by atoms with Gasteiger partial charge >= 0.3 is 0 Å². The van der Waals surface area contributed by atoms with Gasteiger partial charge in [-0.15, -0.1) is 0 Å². The Morgan fingerprint density at radius 3 is 2.89 bits per heavy atom. The van der Waals surface area contributed by atoms with Crippen molar-refractivity contribution in [1.82, 2.24) is 10.2 Å². The van der Waals surface area contributed by atoms with Gasteiger partial charge in [-0.1, -0.05) is 34.1 Å². The second-order valence-electron chi connectivity index (χ2n) is 4.56. The van der Waals surface area contributed by atoms with Gasteiger partial charge in [0.2, 0.25) is 0 Å². The van der Waals surface area contributed by atoms with Crippen LogP contribution >= 0.6 is 15.9 Å². The van der Waals surface area contributed by atoms with Gasteiger partial charge in [0.1, 0.15) is 0 Å². The number of hydrogen-bond donors (Lipinski definition) is 2. The van der Waals surface area contributed by atoms with Gasteiger partial charge in [-0.25, -0.2) is 0 Å². The molecule has 0 saturated carbocycles. The molecule has 1 aromatic heterocycles. The van der Waals surface area contributed by atoms with E-state index in [2.05, 4.69) is 74.8 Å². The van der Waals surface area contributed by atoms with E-state index in [1.165, 1.54) is 5.56 Å². The Kier molecular flexibility index (Phi) is 3.25. The predicted octanol–water partition coefficient (Wildman–Crippen LogP) is 4.50. The highest BCUT2D eigenvalue weighted by Gasteiger charge is 2.08. The molecule has 1 heterocycles. The lowest BCUT2D eigenvalue weighted by Gasteiger charge is -2.17. The number of aromatic nitrogens is 2. The lowest BCUT2D eigenvalue weighted by molar-refractivity contribution is 0.879. The molecule has 0 spiro atoms. The fraction of sp³-hybridized carbons (Fsp3) is 0.133. The number of halogens is 1. The number of nitrogens with one attached hydrogen (secondary N) is 2. The number of hydrogen-bond acceptors (Lipinski definition) is 2. The third kappa shape index (κ3) is 2.49. The molecule has 0 aliphatic carbocycles. The minimum atomic E-state index is 0.232. The molecule has 0 aliphatic rings. The summed E-state index contributed by atoms with van der Waals surface area (Å²) < 4.78 is 1.12. The van der Waals surface area contributed by atoms with E-state index in [-0.39, 0.29) is 6.04 Å². The van der Waals surface area contributed by atoms with E-state index in [1.807, 2.05) is 12.3 Å². The van der Waals surface area contributed by atoms with Crippen molar-refractivity contribution in [3.05, 3.63) is 58.7 Å². The molecule has 0 aliphatic heterocycles. The molecule has 0 amide bonds. The van der Waals surface area contributed by atoms with Crippen LogP contribution in [-0.4, -0.2) is 10.2 Å². The maximum absolute atomic E-state index is 4.03. The maximum atomic E-state index is 4.03. The summed E-state index contributed by atoms with van der Waals surface area (Å²) >= 11 is 3.59. The first-order valence-electron chi connectivity index (χ1n) is 6.18. The molecule has 3 rings (SSSR count). The molecule has 0 fully saturated rings. The summed E-state index contributed by atoms with van der Waals surface area (Å²) in [5.41, 5.74) is 3.37. The Hall–Kier alpha value is -1.81. The number of aromatic amines is 1. The van der Waals surface area contributed by atoms with E-state index >= 15 is 0 Å². The van der Waals surface area contributed by atoms with E-state index in [9.17, 15) is 0 Å². The van der Waals surface area contributed by atoms with Crippen LogP contribution in [0.5, 0.6) is 0 Å². The van der Waals surface area contributed by atoms with Crippen molar-refractivity contribution in [3.8, 4) is 0 Å². The van der Waals surface area contributed by atoms with Gasteiger partial charge in [0.05, 0.1) is 11.7 Å². The summed E-state index contributed by atoms with van der Waals surface area (Å²) in [6.07, 6.45) is 1.83. The maximum Gasteiger partial charge on any atom is 0.0670 e. The van der Waals surface area contributed by atoms with Crippen molar-refractivity contribution < 1.29 is 0 Å². The van der Waals surface area contributed by atoms with Crippen LogP contribution in [0.15, 0.2) is 53.1 Å². The van der Waals surface area contributed by atoms with Crippen molar-refractivity contribution >= 4 is 32.5 Å². The Balaban J connectivity index is 1.86. The van der Waals surface area contributed by atoms with Crippen LogP contribution in [0.3, 0.4) is 0 Å². The second-order valence-corrected chi connectivity index (χ2v) is 5.41. The van der Waals surface area contributed by atoms with Crippen LogP contribution in [-0.2, 0) is 0 Å². The average molecular weight is 316 g/mol. The summed E-state index contributed by atoms with van der Waals surface area (Å²) in [4.78, 5) is 0. The molecular formula is C15H14BrN3. The molecule has 19 heavy (non-hydrogen) atoms. The van der Waals surface area contributed by atoms with E-state index in [0.717, 1.165) is 21.1 Å². The van der Waals surface area contributed by atoms with Gasteiger partial charge in [-0.2, -0.15) is 5.10 Å². The Morgan fingerprint density at radius 1 is 1.21 bits per heavy atom. The predicted molar refractivity (Wildman–Crippen MR) is 82.3 cm³/mol. The van der Waals surface area contributed by atoms with Crippen molar-refractivity contribution in [3.63, 3.8) is 0 Å². The van der Waals surface area contributed by atoms with Crippen molar-refractivity contribution in [1.29, 1.82) is 0 Å². The minimum Gasteiger partial charge on any atom is -0.378 e. The third-order valence-electron chi connectivity index (χ3n) is 3.20. The normalized spacial score (nSPS) is 12.5. The van der Waals surface area contributed by atoms with Gasteiger partial charge in [-0.05, 0) is 36.8 Å². The van der Waals surface area contributed by atoms with E-state index in [0.29, 0.717) is 0 Å². The van der Waals surface area contributed by atoms with Crippen LogP contribution in [0.1, 0.15) is 18.5 Å². The average Bonchev–Trinajstić information content (AvgIpc) is 2.86. The molecule has 4 heteroatoms. The van der Waals surface area contributed by atoms with Crippen LogP contribution in [0, 0.1) is 0 Å². The quantitative estimate of drug-likeness (QED) is 0.747. The van der Waals surface area contributed by atoms with Gasteiger partial charge in [0, 0.05) is 21.6 Å². The Morgan fingerprint density at radius 2 is 2.05 bits per heavy atom. The van der Waals surface area contributed by atoms with Gasteiger partial charge in [-0.3, -0.25) is 5.10 Å². The van der Waals surface area contributed by atoms with Crippen LogP contribution in [0.25, 0.3) is 10.9 Å². The SMILES string of the molecule is CC(Nc1ccc2cn[nH]c2c1)c1ccccc1Br.